The first-order valence-electron chi connectivity index (χ1n) is 4.24. The van der Waals surface area contributed by atoms with Gasteiger partial charge >= 0.3 is 0 Å². The van der Waals surface area contributed by atoms with Crippen molar-refractivity contribution in [1.29, 1.82) is 0 Å². The van der Waals surface area contributed by atoms with Crippen molar-refractivity contribution in [3.05, 3.63) is 23.2 Å². The molecule has 0 saturated carbocycles. The summed E-state index contributed by atoms with van der Waals surface area (Å²) < 4.78 is 1.05. The lowest BCUT2D eigenvalue weighted by Crippen LogP contribution is -2.07. The number of hydrogen-bond donors (Lipinski definition) is 0. The minimum absolute atomic E-state index is 0.538. The molecule has 4 heteroatoms. The largest absolute Gasteiger partial charge is 0.378 e. The zero-order valence-corrected chi connectivity index (χ0v) is 8.84. The lowest BCUT2D eigenvalue weighted by Gasteiger charge is -2.11. The molecule has 0 atom stereocenters. The van der Waals surface area contributed by atoms with Crippen molar-refractivity contribution in [2.24, 2.45) is 0 Å². The van der Waals surface area contributed by atoms with Crippen LogP contribution in [-0.4, -0.2) is 25.4 Å². The molecule has 1 aromatic heterocycles. The van der Waals surface area contributed by atoms with Crippen LogP contribution in [0.25, 0.3) is 10.2 Å². The van der Waals surface area contributed by atoms with Crippen LogP contribution in [0.1, 0.15) is 9.80 Å². The molecule has 1 aromatic carbocycles. The van der Waals surface area contributed by atoms with Crippen LogP contribution in [0, 0.1) is 0 Å². The molecule has 0 unspecified atom stereocenters. The van der Waals surface area contributed by atoms with Gasteiger partial charge in [0.05, 0.1) is 10.2 Å². The van der Waals surface area contributed by atoms with Gasteiger partial charge in [0, 0.05) is 19.8 Å². The molecular formula is C10H10N2OS. The van der Waals surface area contributed by atoms with Gasteiger partial charge in [0.15, 0.2) is 11.3 Å². The molecule has 0 fully saturated rings. The number of hydrogen-bond acceptors (Lipinski definition) is 4. The molecule has 3 nitrogen and oxygen atoms in total. The lowest BCUT2D eigenvalue weighted by molar-refractivity contribution is 0.112. The van der Waals surface area contributed by atoms with Crippen LogP contribution in [-0.2, 0) is 0 Å². The van der Waals surface area contributed by atoms with Gasteiger partial charge in [-0.15, -0.1) is 11.3 Å². The smallest absolute Gasteiger partial charge is 0.178 e. The first kappa shape index (κ1) is 9.15. The minimum Gasteiger partial charge on any atom is -0.378 e. The van der Waals surface area contributed by atoms with E-state index in [9.17, 15) is 4.79 Å². The van der Waals surface area contributed by atoms with Gasteiger partial charge in [0.25, 0.3) is 0 Å². The Balaban J connectivity index is 2.59. The zero-order chi connectivity index (χ0) is 10.1. The molecule has 0 bridgehead atoms. The second kappa shape index (κ2) is 3.38. The molecule has 1 heterocycles. The van der Waals surface area contributed by atoms with Crippen LogP contribution in [0.2, 0.25) is 0 Å². The van der Waals surface area contributed by atoms with Crippen molar-refractivity contribution in [2.75, 3.05) is 19.0 Å². The first-order valence-corrected chi connectivity index (χ1v) is 5.05. The second-order valence-corrected chi connectivity index (χ2v) is 4.28. The fourth-order valence-corrected chi connectivity index (χ4v) is 2.08. The van der Waals surface area contributed by atoms with E-state index in [-0.39, 0.29) is 0 Å². The maximum absolute atomic E-state index is 10.5. The third kappa shape index (κ3) is 1.48. The Labute approximate surface area is 86.0 Å². The molecular weight excluding hydrogens is 196 g/mol. The zero-order valence-electron chi connectivity index (χ0n) is 8.02. The Kier molecular flexibility index (Phi) is 2.21. The van der Waals surface area contributed by atoms with Gasteiger partial charge in [-0.25, -0.2) is 4.98 Å². The number of anilines is 1. The van der Waals surface area contributed by atoms with Crippen molar-refractivity contribution in [3.63, 3.8) is 0 Å². The van der Waals surface area contributed by atoms with Crippen molar-refractivity contribution < 1.29 is 4.79 Å². The average Bonchev–Trinajstić information content (AvgIpc) is 2.58. The molecule has 2 rings (SSSR count). The molecule has 0 spiro atoms. The number of fused-ring (bicyclic) bond motifs is 1. The highest BCUT2D eigenvalue weighted by molar-refractivity contribution is 7.20. The molecule has 0 N–H and O–H groups in total. The normalized spacial score (nSPS) is 10.4. The quantitative estimate of drug-likeness (QED) is 0.706. The van der Waals surface area contributed by atoms with Crippen LogP contribution in [0.3, 0.4) is 0 Å². The minimum atomic E-state index is 0.538. The summed E-state index contributed by atoms with van der Waals surface area (Å²) in [5, 5.41) is 0.538. The number of nitrogens with zero attached hydrogens (tertiary/aromatic N) is 2. The van der Waals surface area contributed by atoms with E-state index >= 15 is 0 Å². The SMILES string of the molecule is CN(C)c1ccc2nc(C=O)sc2c1. The van der Waals surface area contributed by atoms with Crippen LogP contribution >= 0.6 is 11.3 Å². The Morgan fingerprint density at radius 2 is 2.21 bits per heavy atom. The first-order chi connectivity index (χ1) is 6.70. The van der Waals surface area contributed by atoms with Crippen LogP contribution in [0.15, 0.2) is 18.2 Å². The number of carbonyl (C=O) groups is 1. The molecule has 14 heavy (non-hydrogen) atoms. The molecule has 0 radical (unpaired) electrons. The van der Waals surface area contributed by atoms with E-state index in [0.717, 1.165) is 22.2 Å². The lowest BCUT2D eigenvalue weighted by atomic mass is 10.3. The van der Waals surface area contributed by atoms with E-state index in [1.807, 2.05) is 37.2 Å². The molecule has 0 amide bonds. The Morgan fingerprint density at radius 3 is 2.86 bits per heavy atom. The molecule has 0 saturated heterocycles. The third-order valence-corrected chi connectivity index (χ3v) is 2.95. The number of thiazole rings is 1. The number of rotatable bonds is 2. The Bertz CT molecular complexity index is 476. The van der Waals surface area contributed by atoms with Crippen LogP contribution < -0.4 is 4.90 Å². The van der Waals surface area contributed by atoms with Gasteiger partial charge in [-0.1, -0.05) is 0 Å². The highest BCUT2D eigenvalue weighted by Crippen LogP contribution is 2.25. The molecule has 0 aliphatic rings. The van der Waals surface area contributed by atoms with Crippen molar-refractivity contribution in [3.8, 4) is 0 Å². The second-order valence-electron chi connectivity index (χ2n) is 3.22. The van der Waals surface area contributed by atoms with E-state index in [2.05, 4.69) is 4.98 Å². The number of aldehydes is 1. The number of carbonyl (C=O) groups excluding carboxylic acids is 1. The maximum atomic E-state index is 10.5. The van der Waals surface area contributed by atoms with Crippen LogP contribution in [0.5, 0.6) is 0 Å². The number of benzene rings is 1. The monoisotopic (exact) mass is 206 g/mol. The summed E-state index contributed by atoms with van der Waals surface area (Å²) in [7, 11) is 3.98. The Morgan fingerprint density at radius 1 is 1.43 bits per heavy atom. The Hall–Kier alpha value is -1.42. The highest BCUT2D eigenvalue weighted by atomic mass is 32.1. The van der Waals surface area contributed by atoms with E-state index in [0.29, 0.717) is 5.01 Å². The third-order valence-electron chi connectivity index (χ3n) is 2.01. The number of aromatic nitrogens is 1. The van der Waals surface area contributed by atoms with Gasteiger partial charge in [-0.2, -0.15) is 0 Å². The van der Waals surface area contributed by atoms with Gasteiger partial charge in [-0.05, 0) is 18.2 Å². The predicted molar refractivity (Wildman–Crippen MR) is 59.3 cm³/mol. The van der Waals surface area contributed by atoms with Crippen LogP contribution in [0.4, 0.5) is 5.69 Å². The average molecular weight is 206 g/mol. The standard InChI is InChI=1S/C10H10N2OS/c1-12(2)7-3-4-8-9(5-7)14-10(6-13)11-8/h3-6H,1-2H3. The summed E-state index contributed by atoms with van der Waals surface area (Å²) in [6, 6.07) is 5.98. The van der Waals surface area contributed by atoms with Gasteiger partial charge in [0.1, 0.15) is 0 Å². The molecule has 0 aliphatic carbocycles. The molecule has 2 aromatic rings. The van der Waals surface area contributed by atoms with E-state index in [1.165, 1.54) is 11.3 Å². The van der Waals surface area contributed by atoms with Gasteiger partial charge in [-0.3, -0.25) is 4.79 Å². The fourth-order valence-electron chi connectivity index (χ4n) is 1.26. The summed E-state index contributed by atoms with van der Waals surface area (Å²) in [5.74, 6) is 0. The van der Waals surface area contributed by atoms with E-state index in [1.54, 1.807) is 0 Å². The van der Waals surface area contributed by atoms with E-state index in [4.69, 9.17) is 0 Å². The fraction of sp³-hybridized carbons (Fsp3) is 0.200. The van der Waals surface area contributed by atoms with Gasteiger partial charge < -0.3 is 4.90 Å². The summed E-state index contributed by atoms with van der Waals surface area (Å²) in [6.07, 6.45) is 0.792. The maximum Gasteiger partial charge on any atom is 0.178 e. The summed E-state index contributed by atoms with van der Waals surface area (Å²) in [4.78, 5) is 16.7. The van der Waals surface area contributed by atoms with Crippen molar-refractivity contribution >= 4 is 33.5 Å². The summed E-state index contributed by atoms with van der Waals surface area (Å²) in [6.45, 7) is 0. The topological polar surface area (TPSA) is 33.2 Å². The summed E-state index contributed by atoms with van der Waals surface area (Å²) >= 11 is 1.42. The predicted octanol–water partition coefficient (Wildman–Crippen LogP) is 2.17. The van der Waals surface area contributed by atoms with E-state index < -0.39 is 0 Å². The van der Waals surface area contributed by atoms with Crippen molar-refractivity contribution in [1.82, 2.24) is 4.98 Å². The molecule has 0 aliphatic heterocycles. The van der Waals surface area contributed by atoms with Crippen molar-refractivity contribution in [2.45, 2.75) is 0 Å². The summed E-state index contributed by atoms with van der Waals surface area (Å²) in [5.41, 5.74) is 2.02. The van der Waals surface area contributed by atoms with Gasteiger partial charge in [0.2, 0.25) is 0 Å². The molecule has 72 valence electrons. The highest BCUT2D eigenvalue weighted by Gasteiger charge is 2.04.